The molecule has 1 aromatic heterocycles. The van der Waals surface area contributed by atoms with Crippen LogP contribution < -0.4 is 10.6 Å². The normalized spacial score (nSPS) is 18.3. The molecule has 2 amide bonds. The molecule has 138 valence electrons. The van der Waals surface area contributed by atoms with Crippen LogP contribution in [0.2, 0.25) is 0 Å². The Bertz CT molecular complexity index is 1010. The van der Waals surface area contributed by atoms with Gasteiger partial charge in [0.25, 0.3) is 5.91 Å². The number of hydrogen-bond acceptors (Lipinski definition) is 3. The van der Waals surface area contributed by atoms with E-state index in [0.29, 0.717) is 29.7 Å². The summed E-state index contributed by atoms with van der Waals surface area (Å²) in [6.45, 7) is 4.80. The summed E-state index contributed by atoms with van der Waals surface area (Å²) in [4.78, 5) is 29.1. The van der Waals surface area contributed by atoms with E-state index in [-0.39, 0.29) is 17.7 Å². The summed E-state index contributed by atoms with van der Waals surface area (Å²) >= 11 is 0. The van der Waals surface area contributed by atoms with Crippen molar-refractivity contribution in [2.24, 2.45) is 11.8 Å². The third-order valence-corrected chi connectivity index (χ3v) is 5.06. The van der Waals surface area contributed by atoms with Crippen molar-refractivity contribution >= 4 is 34.5 Å². The molecule has 1 fully saturated rings. The van der Waals surface area contributed by atoms with Crippen LogP contribution >= 0.6 is 0 Å². The average molecular weight is 362 g/mol. The number of fused-ring (bicyclic) bond motifs is 1. The van der Waals surface area contributed by atoms with Crippen molar-refractivity contribution in [1.29, 1.82) is 0 Å². The number of carbonyl (C=O) groups excluding carboxylic acids is 2. The molecule has 0 aliphatic heterocycles. The van der Waals surface area contributed by atoms with Gasteiger partial charge in [0.05, 0.1) is 11.0 Å². The van der Waals surface area contributed by atoms with E-state index in [1.54, 1.807) is 24.3 Å². The molecule has 0 saturated heterocycles. The van der Waals surface area contributed by atoms with Crippen LogP contribution in [0.1, 0.15) is 30.6 Å². The summed E-state index contributed by atoms with van der Waals surface area (Å²) in [6.07, 6.45) is 0.949. The molecule has 6 nitrogen and oxygen atoms in total. The third kappa shape index (κ3) is 3.43. The number of nitrogens with one attached hydrogen (secondary N) is 2. The zero-order valence-corrected chi connectivity index (χ0v) is 15.4. The van der Waals surface area contributed by atoms with Gasteiger partial charge in [-0.1, -0.05) is 19.1 Å². The van der Waals surface area contributed by atoms with Crippen molar-refractivity contribution < 1.29 is 9.59 Å². The summed E-state index contributed by atoms with van der Waals surface area (Å²) in [6, 6.07) is 14.7. The number of nitrogens with zero attached hydrogens (tertiary/aromatic N) is 2. The Morgan fingerprint density at radius 3 is 2.48 bits per heavy atom. The molecule has 1 aliphatic carbocycles. The summed E-state index contributed by atoms with van der Waals surface area (Å²) in [5, 5.41) is 5.79. The van der Waals surface area contributed by atoms with Gasteiger partial charge in [0, 0.05) is 23.7 Å². The van der Waals surface area contributed by atoms with Gasteiger partial charge in [-0.25, -0.2) is 4.98 Å². The number of hydrogen-bond donors (Lipinski definition) is 2. The van der Waals surface area contributed by atoms with E-state index in [0.717, 1.165) is 17.5 Å². The van der Waals surface area contributed by atoms with Crippen molar-refractivity contribution in [3.63, 3.8) is 0 Å². The lowest BCUT2D eigenvalue weighted by Crippen LogP contribution is -2.16. The first-order valence-corrected chi connectivity index (χ1v) is 9.24. The Hall–Kier alpha value is -3.15. The molecule has 0 radical (unpaired) electrons. The van der Waals surface area contributed by atoms with E-state index in [4.69, 9.17) is 0 Å². The minimum Gasteiger partial charge on any atom is -0.326 e. The first-order chi connectivity index (χ1) is 13.1. The molecule has 2 aromatic carbocycles. The summed E-state index contributed by atoms with van der Waals surface area (Å²) in [5.74, 6) is 0.941. The van der Waals surface area contributed by atoms with E-state index in [1.807, 2.05) is 35.8 Å². The average Bonchev–Trinajstić information content (AvgIpc) is 3.30. The second kappa shape index (κ2) is 6.87. The first-order valence-electron chi connectivity index (χ1n) is 9.24. The van der Waals surface area contributed by atoms with E-state index >= 15 is 0 Å². The smallest absolute Gasteiger partial charge is 0.257 e. The second-order valence-corrected chi connectivity index (χ2v) is 7.01. The molecule has 1 saturated carbocycles. The highest BCUT2D eigenvalue weighted by Gasteiger charge is 2.39. The molecule has 0 spiro atoms. The van der Waals surface area contributed by atoms with Gasteiger partial charge in [-0.3, -0.25) is 14.9 Å². The number of anilines is 2. The van der Waals surface area contributed by atoms with Crippen LogP contribution in [0, 0.1) is 11.8 Å². The standard InChI is InChI=1S/C21H22N4O2/c1-3-25-18-7-5-4-6-17(18)23-21(25)24-19(26)14-8-10-15(11-9-14)22-20(27)16-12-13(16)2/h4-11,13,16H,3,12H2,1-2H3,(H,22,27)(H,23,24,26). The summed E-state index contributed by atoms with van der Waals surface area (Å²) in [5.41, 5.74) is 3.06. The highest BCUT2D eigenvalue weighted by atomic mass is 16.2. The molecule has 3 aromatic rings. The molecule has 1 aliphatic rings. The van der Waals surface area contributed by atoms with E-state index < -0.39 is 0 Å². The van der Waals surface area contributed by atoms with Crippen molar-refractivity contribution in [2.45, 2.75) is 26.8 Å². The van der Waals surface area contributed by atoms with Gasteiger partial charge in [-0.2, -0.15) is 0 Å². The van der Waals surface area contributed by atoms with Crippen LogP contribution in [0.25, 0.3) is 11.0 Å². The summed E-state index contributed by atoms with van der Waals surface area (Å²) < 4.78 is 1.97. The van der Waals surface area contributed by atoms with Crippen LogP contribution in [0.3, 0.4) is 0 Å². The van der Waals surface area contributed by atoms with Crippen LogP contribution in [0.4, 0.5) is 11.6 Å². The van der Waals surface area contributed by atoms with Gasteiger partial charge in [0.15, 0.2) is 0 Å². The van der Waals surface area contributed by atoms with E-state index in [2.05, 4.69) is 22.5 Å². The molecule has 0 bridgehead atoms. The van der Waals surface area contributed by atoms with E-state index in [9.17, 15) is 9.59 Å². The van der Waals surface area contributed by atoms with Crippen molar-refractivity contribution in [3.8, 4) is 0 Å². The van der Waals surface area contributed by atoms with Crippen LogP contribution in [-0.4, -0.2) is 21.4 Å². The monoisotopic (exact) mass is 362 g/mol. The Morgan fingerprint density at radius 1 is 1.11 bits per heavy atom. The maximum absolute atomic E-state index is 12.6. The fourth-order valence-corrected chi connectivity index (χ4v) is 3.29. The Labute approximate surface area is 157 Å². The summed E-state index contributed by atoms with van der Waals surface area (Å²) in [7, 11) is 0. The minimum absolute atomic E-state index is 0.0522. The predicted octanol–water partition coefficient (Wildman–Crippen LogP) is 3.90. The zero-order chi connectivity index (χ0) is 19.0. The minimum atomic E-state index is -0.228. The largest absolute Gasteiger partial charge is 0.326 e. The Balaban J connectivity index is 1.48. The quantitative estimate of drug-likeness (QED) is 0.723. The number of para-hydroxylation sites is 2. The van der Waals surface area contributed by atoms with Gasteiger partial charge in [0.2, 0.25) is 11.9 Å². The molecule has 2 N–H and O–H groups in total. The van der Waals surface area contributed by atoms with Gasteiger partial charge >= 0.3 is 0 Å². The molecular formula is C21H22N4O2. The molecule has 6 heteroatoms. The van der Waals surface area contributed by atoms with Gasteiger partial charge in [-0.05, 0) is 55.7 Å². The number of imidazole rings is 1. The van der Waals surface area contributed by atoms with Gasteiger partial charge < -0.3 is 9.88 Å². The predicted molar refractivity (Wildman–Crippen MR) is 106 cm³/mol. The maximum atomic E-state index is 12.6. The topological polar surface area (TPSA) is 76.0 Å². The number of carbonyl (C=O) groups is 2. The molecule has 2 unspecified atom stereocenters. The van der Waals surface area contributed by atoms with E-state index in [1.165, 1.54) is 0 Å². The van der Waals surface area contributed by atoms with Crippen molar-refractivity contribution in [3.05, 3.63) is 54.1 Å². The Morgan fingerprint density at radius 2 is 1.81 bits per heavy atom. The number of amides is 2. The Kier molecular flexibility index (Phi) is 4.39. The van der Waals surface area contributed by atoms with Crippen LogP contribution in [0.5, 0.6) is 0 Å². The lowest BCUT2D eigenvalue weighted by atomic mass is 10.2. The highest BCUT2D eigenvalue weighted by Crippen LogP contribution is 2.38. The van der Waals surface area contributed by atoms with Crippen molar-refractivity contribution in [2.75, 3.05) is 10.6 Å². The number of benzene rings is 2. The fraction of sp³-hybridized carbons (Fsp3) is 0.286. The number of rotatable bonds is 5. The second-order valence-electron chi connectivity index (χ2n) is 7.01. The van der Waals surface area contributed by atoms with Crippen LogP contribution in [0.15, 0.2) is 48.5 Å². The molecule has 4 rings (SSSR count). The zero-order valence-electron chi connectivity index (χ0n) is 15.4. The lowest BCUT2D eigenvalue weighted by Gasteiger charge is -2.09. The molecular weight excluding hydrogens is 340 g/mol. The number of aryl methyl sites for hydroxylation is 1. The fourth-order valence-electron chi connectivity index (χ4n) is 3.29. The third-order valence-electron chi connectivity index (χ3n) is 5.06. The maximum Gasteiger partial charge on any atom is 0.257 e. The molecule has 27 heavy (non-hydrogen) atoms. The van der Waals surface area contributed by atoms with Gasteiger partial charge in [0.1, 0.15) is 0 Å². The molecule has 2 atom stereocenters. The van der Waals surface area contributed by atoms with Crippen molar-refractivity contribution in [1.82, 2.24) is 9.55 Å². The SMILES string of the molecule is CCn1c(NC(=O)c2ccc(NC(=O)C3CC3C)cc2)nc2ccccc21. The first kappa shape index (κ1) is 17.3. The molecule has 1 heterocycles. The highest BCUT2D eigenvalue weighted by molar-refractivity contribution is 6.04. The lowest BCUT2D eigenvalue weighted by molar-refractivity contribution is -0.117. The number of aromatic nitrogens is 2. The van der Waals surface area contributed by atoms with Crippen LogP contribution in [-0.2, 0) is 11.3 Å². The van der Waals surface area contributed by atoms with Gasteiger partial charge in [-0.15, -0.1) is 0 Å².